The highest BCUT2D eigenvalue weighted by Gasteiger charge is 2.51. The van der Waals surface area contributed by atoms with Gasteiger partial charge in [-0.1, -0.05) is 48.0 Å². The lowest BCUT2D eigenvalue weighted by Gasteiger charge is -2.31. The Hall–Kier alpha value is -1.06. The lowest BCUT2D eigenvalue weighted by Crippen LogP contribution is -2.32. The minimum absolute atomic E-state index is 0.00917. The highest BCUT2D eigenvalue weighted by molar-refractivity contribution is 5.69. The molecule has 4 fully saturated rings. The largest absolute Gasteiger partial charge is 0.462 e. The summed E-state index contributed by atoms with van der Waals surface area (Å²) in [5.41, 5.74) is 0. The first-order valence-electron chi connectivity index (χ1n) is 13.2. The van der Waals surface area contributed by atoms with Crippen LogP contribution in [0.4, 0.5) is 0 Å². The van der Waals surface area contributed by atoms with E-state index in [1.165, 1.54) is 12.8 Å². The second kappa shape index (κ2) is 10.7. The first kappa shape index (κ1) is 24.6. The molecule has 0 aromatic rings. The van der Waals surface area contributed by atoms with Gasteiger partial charge in [0.05, 0.1) is 0 Å². The molecule has 178 valence electrons. The Morgan fingerprint density at radius 2 is 1.10 bits per heavy atom. The van der Waals surface area contributed by atoms with Crippen LogP contribution < -0.4 is 0 Å². The van der Waals surface area contributed by atoms with Gasteiger partial charge in [-0.2, -0.15) is 0 Å². The normalized spacial score (nSPS) is 42.3. The summed E-state index contributed by atoms with van der Waals surface area (Å²) in [6.45, 7) is 13.5. The summed E-state index contributed by atoms with van der Waals surface area (Å²) in [7, 11) is 0. The van der Waals surface area contributed by atoms with Gasteiger partial charge in [0.25, 0.3) is 0 Å². The van der Waals surface area contributed by atoms with Crippen molar-refractivity contribution in [1.29, 1.82) is 0 Å². The molecule has 4 saturated carbocycles. The smallest absolute Gasteiger partial charge is 0.306 e. The first-order valence-corrected chi connectivity index (χ1v) is 13.2. The highest BCUT2D eigenvalue weighted by atomic mass is 16.5. The van der Waals surface area contributed by atoms with E-state index in [-0.39, 0.29) is 24.1 Å². The van der Waals surface area contributed by atoms with E-state index in [4.69, 9.17) is 9.47 Å². The number of hydrogen-bond donors (Lipinski definition) is 0. The molecule has 10 unspecified atom stereocenters. The molecular formula is C27H46O4. The van der Waals surface area contributed by atoms with Crippen LogP contribution in [0.2, 0.25) is 0 Å². The number of carbonyl (C=O) groups excluding carboxylic acids is 2. The van der Waals surface area contributed by atoms with Crippen molar-refractivity contribution in [2.24, 2.45) is 47.3 Å². The molecule has 31 heavy (non-hydrogen) atoms. The minimum Gasteiger partial charge on any atom is -0.462 e. The summed E-state index contributed by atoms with van der Waals surface area (Å²) in [5, 5.41) is 0. The van der Waals surface area contributed by atoms with Gasteiger partial charge in [0.2, 0.25) is 0 Å². The lowest BCUT2D eigenvalue weighted by molar-refractivity contribution is -0.154. The van der Waals surface area contributed by atoms with Crippen LogP contribution in [0.5, 0.6) is 0 Å². The molecule has 0 aromatic heterocycles. The zero-order valence-corrected chi connectivity index (χ0v) is 20.8. The quantitative estimate of drug-likeness (QED) is 0.434. The minimum atomic E-state index is 0.00917. The Morgan fingerprint density at radius 1 is 0.645 bits per heavy atom. The highest BCUT2D eigenvalue weighted by Crippen LogP contribution is 2.53. The number of hydrogen-bond acceptors (Lipinski definition) is 4. The summed E-state index contributed by atoms with van der Waals surface area (Å²) >= 11 is 0. The molecule has 0 spiro atoms. The van der Waals surface area contributed by atoms with Gasteiger partial charge in [-0.25, -0.2) is 0 Å². The van der Waals surface area contributed by atoms with Crippen molar-refractivity contribution in [2.75, 3.05) is 0 Å². The number of esters is 2. The fourth-order valence-electron chi connectivity index (χ4n) is 7.00. The number of unbranched alkanes of at least 4 members (excludes halogenated alkanes) is 1. The van der Waals surface area contributed by atoms with E-state index in [2.05, 4.69) is 34.6 Å². The molecule has 0 heterocycles. The van der Waals surface area contributed by atoms with E-state index >= 15 is 0 Å². The second-order valence-electron chi connectivity index (χ2n) is 11.1. The van der Waals surface area contributed by atoms with Crippen molar-refractivity contribution >= 4 is 11.9 Å². The predicted octanol–water partition coefficient (Wildman–Crippen LogP) is 6.41. The van der Waals surface area contributed by atoms with Crippen LogP contribution >= 0.6 is 0 Å². The Bertz CT molecular complexity index is 612. The topological polar surface area (TPSA) is 52.6 Å². The van der Waals surface area contributed by atoms with Gasteiger partial charge < -0.3 is 9.47 Å². The standard InChI is InChI=1S/C14H24O2.C13H22O2/c1-4-5-6-14(15)16-13-8-11-7-12(13)10(3)9(11)2;1-4-5-13(14)15-12-7-10-6-11(12)9(3)8(10)2/h9-13H,4-8H2,1-3H3;8-12H,4-7H2,1-3H3. The molecule has 10 atom stereocenters. The molecule has 4 bridgehead atoms. The SMILES string of the molecule is CCCC(=O)OC1CC2CC1C(C)C2C.CCCCC(=O)OC1CC2CC1C(C)C2C. The van der Waals surface area contributed by atoms with Crippen molar-refractivity contribution in [3.8, 4) is 0 Å². The number of rotatable bonds is 7. The molecular weight excluding hydrogens is 388 g/mol. The molecule has 4 nitrogen and oxygen atoms in total. The first-order chi connectivity index (χ1) is 14.8. The van der Waals surface area contributed by atoms with Gasteiger partial charge in [0.15, 0.2) is 0 Å². The van der Waals surface area contributed by atoms with Crippen LogP contribution in [-0.2, 0) is 19.1 Å². The maximum atomic E-state index is 11.6. The fourth-order valence-corrected chi connectivity index (χ4v) is 7.00. The Labute approximate surface area is 190 Å². The predicted molar refractivity (Wildman–Crippen MR) is 123 cm³/mol. The van der Waals surface area contributed by atoms with E-state index in [9.17, 15) is 9.59 Å². The molecule has 0 saturated heterocycles. The summed E-state index contributed by atoms with van der Waals surface area (Å²) in [4.78, 5) is 23.0. The molecule has 0 aromatic carbocycles. The number of ether oxygens (including phenoxy) is 2. The summed E-state index contributed by atoms with van der Waals surface area (Å²) in [6, 6.07) is 0. The molecule has 0 N–H and O–H groups in total. The Kier molecular flexibility index (Phi) is 8.49. The van der Waals surface area contributed by atoms with E-state index in [0.717, 1.165) is 67.6 Å². The Balaban J connectivity index is 0.000000176. The number of fused-ring (bicyclic) bond motifs is 4. The van der Waals surface area contributed by atoms with Gasteiger partial charge in [-0.05, 0) is 85.9 Å². The monoisotopic (exact) mass is 434 g/mol. The zero-order valence-electron chi connectivity index (χ0n) is 20.8. The maximum Gasteiger partial charge on any atom is 0.306 e. The lowest BCUT2D eigenvalue weighted by atomic mass is 9.80. The average Bonchev–Trinajstić information content (AvgIpc) is 3.46. The molecule has 0 radical (unpaired) electrons. The third kappa shape index (κ3) is 5.47. The fraction of sp³-hybridized carbons (Fsp3) is 0.926. The van der Waals surface area contributed by atoms with Crippen LogP contribution in [0.1, 0.15) is 99.3 Å². The zero-order chi connectivity index (χ0) is 22.7. The van der Waals surface area contributed by atoms with Gasteiger partial charge in [0, 0.05) is 12.8 Å². The van der Waals surface area contributed by atoms with Crippen molar-refractivity contribution in [1.82, 2.24) is 0 Å². The Morgan fingerprint density at radius 3 is 1.45 bits per heavy atom. The molecule has 0 amide bonds. The average molecular weight is 435 g/mol. The molecule has 4 rings (SSSR count). The van der Waals surface area contributed by atoms with E-state index in [0.29, 0.717) is 24.7 Å². The van der Waals surface area contributed by atoms with E-state index < -0.39 is 0 Å². The van der Waals surface area contributed by atoms with Gasteiger partial charge in [-0.3, -0.25) is 9.59 Å². The summed E-state index contributed by atoms with van der Waals surface area (Å²) in [5.74, 6) is 6.08. The van der Waals surface area contributed by atoms with Crippen LogP contribution in [0.15, 0.2) is 0 Å². The van der Waals surface area contributed by atoms with Gasteiger partial charge >= 0.3 is 11.9 Å². The summed E-state index contributed by atoms with van der Waals surface area (Å²) in [6.07, 6.45) is 9.39. The maximum absolute atomic E-state index is 11.6. The van der Waals surface area contributed by atoms with Crippen LogP contribution in [0.25, 0.3) is 0 Å². The van der Waals surface area contributed by atoms with Crippen LogP contribution in [0.3, 0.4) is 0 Å². The second-order valence-corrected chi connectivity index (χ2v) is 11.1. The summed E-state index contributed by atoms with van der Waals surface area (Å²) < 4.78 is 11.2. The molecule has 4 aliphatic rings. The van der Waals surface area contributed by atoms with Crippen LogP contribution in [0, 0.1) is 47.3 Å². The number of carbonyl (C=O) groups is 2. The molecule has 0 aliphatic heterocycles. The molecule has 4 aliphatic carbocycles. The van der Waals surface area contributed by atoms with Gasteiger partial charge in [-0.15, -0.1) is 0 Å². The molecule has 4 heteroatoms. The van der Waals surface area contributed by atoms with Gasteiger partial charge in [0.1, 0.15) is 12.2 Å². The third-order valence-electron chi connectivity index (χ3n) is 9.43. The third-order valence-corrected chi connectivity index (χ3v) is 9.43. The van der Waals surface area contributed by atoms with Crippen molar-refractivity contribution < 1.29 is 19.1 Å². The van der Waals surface area contributed by atoms with Crippen molar-refractivity contribution in [3.05, 3.63) is 0 Å². The van der Waals surface area contributed by atoms with E-state index in [1.807, 2.05) is 6.92 Å². The van der Waals surface area contributed by atoms with E-state index in [1.54, 1.807) is 0 Å². The van der Waals surface area contributed by atoms with Crippen LogP contribution in [-0.4, -0.2) is 24.1 Å². The van der Waals surface area contributed by atoms with Crippen molar-refractivity contribution in [2.45, 2.75) is 112 Å². The van der Waals surface area contributed by atoms with Crippen molar-refractivity contribution in [3.63, 3.8) is 0 Å².